The van der Waals surface area contributed by atoms with Crippen LogP contribution in [-0.4, -0.2) is 33.4 Å². The lowest BCUT2D eigenvalue weighted by molar-refractivity contribution is -0.122. The van der Waals surface area contributed by atoms with E-state index in [0.717, 1.165) is 11.8 Å². The molecule has 0 bridgehead atoms. The summed E-state index contributed by atoms with van der Waals surface area (Å²) in [7, 11) is 0. The Morgan fingerprint density at radius 1 is 1.17 bits per heavy atom. The molecule has 1 aliphatic rings. The molecule has 0 aromatic heterocycles. The third-order valence-electron chi connectivity index (χ3n) is 4.20. The first-order valence-corrected chi connectivity index (χ1v) is 9.98. The Hall–Kier alpha value is -2.84. The van der Waals surface area contributed by atoms with Gasteiger partial charge in [0.25, 0.3) is 5.91 Å². The Balaban J connectivity index is 1.59. The standard InChI is InChI=1S/C21H17FN2O3S2/c1-13(25)14-6-8-16(9-7-14)23-19(26)10-11-24-20(27)18(29-21(24)28)12-15-4-2-3-5-17(15)22/h2-9,12H,10-11H2,1H3,(H,23,26)/b18-12-. The second-order valence-corrected chi connectivity index (χ2v) is 7.96. The maximum Gasteiger partial charge on any atom is 0.266 e. The van der Waals surface area contributed by atoms with E-state index in [2.05, 4.69) is 5.32 Å². The van der Waals surface area contributed by atoms with Gasteiger partial charge in [-0.2, -0.15) is 0 Å². The van der Waals surface area contributed by atoms with E-state index >= 15 is 0 Å². The zero-order chi connectivity index (χ0) is 21.0. The largest absolute Gasteiger partial charge is 0.326 e. The van der Waals surface area contributed by atoms with Crippen molar-refractivity contribution >= 4 is 57.7 Å². The number of nitrogens with one attached hydrogen (secondary N) is 1. The quantitative estimate of drug-likeness (QED) is 0.423. The molecule has 2 aromatic carbocycles. The highest BCUT2D eigenvalue weighted by Gasteiger charge is 2.32. The monoisotopic (exact) mass is 428 g/mol. The van der Waals surface area contributed by atoms with Crippen molar-refractivity contribution in [1.29, 1.82) is 0 Å². The normalized spacial score (nSPS) is 15.1. The number of benzene rings is 2. The highest BCUT2D eigenvalue weighted by molar-refractivity contribution is 8.26. The summed E-state index contributed by atoms with van der Waals surface area (Å²) in [6, 6.07) is 12.7. The summed E-state index contributed by atoms with van der Waals surface area (Å²) < 4.78 is 14.1. The van der Waals surface area contributed by atoms with Crippen molar-refractivity contribution in [2.45, 2.75) is 13.3 Å². The number of hydrogen-bond donors (Lipinski definition) is 1. The van der Waals surface area contributed by atoms with E-state index in [1.54, 1.807) is 42.5 Å². The van der Waals surface area contributed by atoms with Gasteiger partial charge in [0.15, 0.2) is 5.78 Å². The highest BCUT2D eigenvalue weighted by Crippen LogP contribution is 2.33. The molecule has 0 saturated carbocycles. The van der Waals surface area contributed by atoms with Crippen LogP contribution >= 0.6 is 24.0 Å². The number of thioether (sulfide) groups is 1. The van der Waals surface area contributed by atoms with Crippen molar-refractivity contribution in [3.8, 4) is 0 Å². The van der Waals surface area contributed by atoms with Crippen molar-refractivity contribution in [1.82, 2.24) is 4.90 Å². The fourth-order valence-electron chi connectivity index (χ4n) is 2.65. The van der Waals surface area contributed by atoms with Gasteiger partial charge in [0.05, 0.1) is 4.91 Å². The number of ketones is 1. The maximum absolute atomic E-state index is 13.8. The van der Waals surface area contributed by atoms with Gasteiger partial charge in [0, 0.05) is 29.8 Å². The predicted octanol–water partition coefficient (Wildman–Crippen LogP) is 4.26. The summed E-state index contributed by atoms with van der Waals surface area (Å²) in [4.78, 5) is 37.7. The Kier molecular flexibility index (Phi) is 6.56. The molecule has 0 radical (unpaired) electrons. The number of amides is 2. The summed E-state index contributed by atoms with van der Waals surface area (Å²) in [6.07, 6.45) is 1.51. The summed E-state index contributed by atoms with van der Waals surface area (Å²) in [5.41, 5.74) is 1.42. The first-order chi connectivity index (χ1) is 13.8. The maximum atomic E-state index is 13.8. The molecule has 29 heavy (non-hydrogen) atoms. The molecule has 1 aliphatic heterocycles. The molecule has 1 heterocycles. The van der Waals surface area contributed by atoms with Gasteiger partial charge < -0.3 is 5.32 Å². The molecule has 2 aromatic rings. The predicted molar refractivity (Wildman–Crippen MR) is 116 cm³/mol. The lowest BCUT2D eigenvalue weighted by Gasteiger charge is -2.14. The molecule has 5 nitrogen and oxygen atoms in total. The summed E-state index contributed by atoms with van der Waals surface area (Å²) in [5, 5.41) is 2.72. The Morgan fingerprint density at radius 2 is 1.86 bits per heavy atom. The van der Waals surface area contributed by atoms with Crippen LogP contribution in [0.5, 0.6) is 0 Å². The zero-order valence-electron chi connectivity index (χ0n) is 15.5. The number of thiocarbonyl (C=S) groups is 1. The second kappa shape index (κ2) is 9.11. The summed E-state index contributed by atoms with van der Waals surface area (Å²) >= 11 is 6.32. The van der Waals surface area contributed by atoms with Crippen LogP contribution in [0, 0.1) is 5.82 Å². The third kappa shape index (κ3) is 5.16. The minimum Gasteiger partial charge on any atom is -0.326 e. The third-order valence-corrected chi connectivity index (χ3v) is 5.58. The molecule has 1 N–H and O–H groups in total. The molecule has 148 valence electrons. The first kappa shape index (κ1) is 20.9. The highest BCUT2D eigenvalue weighted by atomic mass is 32.2. The van der Waals surface area contributed by atoms with Gasteiger partial charge in [-0.1, -0.05) is 42.2 Å². The van der Waals surface area contributed by atoms with Gasteiger partial charge in [-0.05, 0) is 43.3 Å². The molecule has 1 fully saturated rings. The minimum atomic E-state index is -0.423. The smallest absolute Gasteiger partial charge is 0.266 e. The molecule has 0 aliphatic carbocycles. The van der Waals surface area contributed by atoms with Crippen LogP contribution in [-0.2, 0) is 9.59 Å². The van der Waals surface area contributed by atoms with Crippen molar-refractivity contribution in [2.24, 2.45) is 0 Å². The van der Waals surface area contributed by atoms with Crippen LogP contribution in [0.15, 0.2) is 53.4 Å². The minimum absolute atomic E-state index is 0.0495. The SMILES string of the molecule is CC(=O)c1ccc(NC(=O)CCN2C(=O)/C(=C/c3ccccc3F)SC2=S)cc1. The molecule has 8 heteroatoms. The van der Waals surface area contributed by atoms with Gasteiger partial charge in [-0.15, -0.1) is 0 Å². The van der Waals surface area contributed by atoms with E-state index in [4.69, 9.17) is 12.2 Å². The van der Waals surface area contributed by atoms with E-state index in [1.807, 2.05) is 0 Å². The average Bonchev–Trinajstić information content (AvgIpc) is 2.95. The number of nitrogens with zero attached hydrogens (tertiary/aromatic N) is 1. The molecular weight excluding hydrogens is 411 g/mol. The molecule has 2 amide bonds. The topological polar surface area (TPSA) is 66.5 Å². The van der Waals surface area contributed by atoms with Crippen LogP contribution in [0.3, 0.4) is 0 Å². The number of Topliss-reactive ketones (excluding diaryl/α,β-unsaturated/α-hetero) is 1. The zero-order valence-corrected chi connectivity index (χ0v) is 17.1. The average molecular weight is 429 g/mol. The van der Waals surface area contributed by atoms with Crippen molar-refractivity contribution in [2.75, 3.05) is 11.9 Å². The molecular formula is C21H17FN2O3S2. The second-order valence-electron chi connectivity index (χ2n) is 6.29. The van der Waals surface area contributed by atoms with E-state index < -0.39 is 5.82 Å². The number of carbonyl (C=O) groups is 3. The van der Waals surface area contributed by atoms with Crippen LogP contribution in [0.4, 0.5) is 10.1 Å². The van der Waals surface area contributed by atoms with Crippen molar-refractivity contribution in [3.05, 3.63) is 70.4 Å². The summed E-state index contributed by atoms with van der Waals surface area (Å²) in [6.45, 7) is 1.59. The number of anilines is 1. The van der Waals surface area contributed by atoms with E-state index in [9.17, 15) is 18.8 Å². The lowest BCUT2D eigenvalue weighted by atomic mass is 10.1. The van der Waals surface area contributed by atoms with Crippen molar-refractivity contribution in [3.63, 3.8) is 0 Å². The van der Waals surface area contributed by atoms with Crippen LogP contribution in [0.25, 0.3) is 6.08 Å². The lowest BCUT2D eigenvalue weighted by Crippen LogP contribution is -2.31. The van der Waals surface area contributed by atoms with Crippen LogP contribution < -0.4 is 5.32 Å². The van der Waals surface area contributed by atoms with Crippen LogP contribution in [0.2, 0.25) is 0 Å². The number of hydrogen-bond acceptors (Lipinski definition) is 5. The molecule has 1 saturated heterocycles. The Bertz CT molecular complexity index is 1020. The fourth-order valence-corrected chi connectivity index (χ4v) is 3.95. The van der Waals surface area contributed by atoms with E-state index in [0.29, 0.717) is 26.0 Å². The van der Waals surface area contributed by atoms with Gasteiger partial charge in [-0.3, -0.25) is 19.3 Å². The number of carbonyl (C=O) groups excluding carboxylic acids is 3. The molecule has 0 spiro atoms. The molecule has 0 unspecified atom stereocenters. The fraction of sp³-hybridized carbons (Fsp3) is 0.143. The van der Waals surface area contributed by atoms with Gasteiger partial charge in [0.1, 0.15) is 10.1 Å². The molecule has 3 rings (SSSR count). The molecule has 0 atom stereocenters. The van der Waals surface area contributed by atoms with E-state index in [1.165, 1.54) is 24.0 Å². The number of rotatable bonds is 6. The number of halogens is 1. The Labute approximate surface area is 177 Å². The van der Waals surface area contributed by atoms with Crippen LogP contribution in [0.1, 0.15) is 29.3 Å². The van der Waals surface area contributed by atoms with Gasteiger partial charge in [-0.25, -0.2) is 4.39 Å². The van der Waals surface area contributed by atoms with Crippen molar-refractivity contribution < 1.29 is 18.8 Å². The van der Waals surface area contributed by atoms with E-state index in [-0.39, 0.29) is 30.6 Å². The summed E-state index contributed by atoms with van der Waals surface area (Å²) in [5.74, 6) is -1.11. The Morgan fingerprint density at radius 3 is 2.52 bits per heavy atom. The van der Waals surface area contributed by atoms with Gasteiger partial charge in [0.2, 0.25) is 5.91 Å². The first-order valence-electron chi connectivity index (χ1n) is 8.76. The van der Waals surface area contributed by atoms with Gasteiger partial charge >= 0.3 is 0 Å².